The Labute approximate surface area is 83.7 Å². The molecule has 78 valence electrons. The maximum atomic E-state index is 11.9. The van der Waals surface area contributed by atoms with E-state index >= 15 is 0 Å². The van der Waals surface area contributed by atoms with Crippen LogP contribution >= 0.6 is 0 Å². The summed E-state index contributed by atoms with van der Waals surface area (Å²) in [5.74, 6) is -0.491. The number of hydrogen-bond donors (Lipinski definition) is 1. The molecule has 2 nitrogen and oxygen atoms in total. The van der Waals surface area contributed by atoms with E-state index in [-0.39, 0.29) is 5.56 Å². The van der Waals surface area contributed by atoms with Crippen molar-refractivity contribution < 1.29 is 22.0 Å². The number of ether oxygens (including phenoxy) is 1. The third kappa shape index (κ3) is 3.26. The van der Waals surface area contributed by atoms with Gasteiger partial charge in [-0.3, -0.25) is 0 Å². The van der Waals surface area contributed by atoms with Gasteiger partial charge in [0, 0.05) is 10.2 Å². The van der Waals surface area contributed by atoms with Gasteiger partial charge in [0.2, 0.25) is 0 Å². The largest absolute Gasteiger partial charge is 0.573 e. The van der Waals surface area contributed by atoms with E-state index < -0.39 is 25.0 Å². The summed E-state index contributed by atoms with van der Waals surface area (Å²) < 4.78 is 60.7. The summed E-state index contributed by atoms with van der Waals surface area (Å²) in [6.07, 6.45) is -4.82. The SMILES string of the molecule is [2H]C([2H])([2H])[C@@H](N)c1cccc(OC(F)(F)F)c1. The summed E-state index contributed by atoms with van der Waals surface area (Å²) in [7, 11) is 0. The van der Waals surface area contributed by atoms with E-state index in [9.17, 15) is 13.2 Å². The average molecular weight is 208 g/mol. The fraction of sp³-hybridized carbons (Fsp3) is 0.333. The zero-order valence-electron chi connectivity index (χ0n) is 10.0. The van der Waals surface area contributed by atoms with Crippen LogP contribution in [0.3, 0.4) is 0 Å². The van der Waals surface area contributed by atoms with Crippen LogP contribution in [-0.4, -0.2) is 6.36 Å². The second kappa shape index (κ2) is 3.88. The second-order valence-corrected chi connectivity index (χ2v) is 2.60. The van der Waals surface area contributed by atoms with Crippen molar-refractivity contribution >= 4 is 0 Å². The first-order valence-corrected chi connectivity index (χ1v) is 3.71. The van der Waals surface area contributed by atoms with E-state index in [0.717, 1.165) is 12.1 Å². The highest BCUT2D eigenvalue weighted by molar-refractivity contribution is 5.30. The van der Waals surface area contributed by atoms with Gasteiger partial charge in [-0.2, -0.15) is 0 Å². The molecule has 0 unspecified atom stereocenters. The number of alkyl halides is 3. The van der Waals surface area contributed by atoms with Gasteiger partial charge in [0.25, 0.3) is 0 Å². The molecule has 0 radical (unpaired) electrons. The Balaban J connectivity index is 2.94. The van der Waals surface area contributed by atoms with Gasteiger partial charge in [0.15, 0.2) is 0 Å². The van der Waals surface area contributed by atoms with Crippen molar-refractivity contribution in [2.45, 2.75) is 19.3 Å². The summed E-state index contributed by atoms with van der Waals surface area (Å²) in [6, 6.07) is 3.27. The maximum Gasteiger partial charge on any atom is 0.573 e. The molecule has 5 heteroatoms. The van der Waals surface area contributed by atoms with Crippen LogP contribution in [0, 0.1) is 0 Å². The monoisotopic (exact) mass is 208 g/mol. The minimum Gasteiger partial charge on any atom is -0.406 e. The fourth-order valence-electron chi connectivity index (χ4n) is 0.905. The third-order valence-corrected chi connectivity index (χ3v) is 1.45. The first-order chi connectivity index (χ1) is 7.59. The molecule has 2 N–H and O–H groups in total. The molecule has 1 aromatic rings. The summed E-state index contributed by atoms with van der Waals surface area (Å²) in [5, 5.41) is 0. The lowest BCUT2D eigenvalue weighted by Crippen LogP contribution is -2.17. The smallest absolute Gasteiger partial charge is 0.406 e. The molecule has 0 fully saturated rings. The molecule has 0 aliphatic rings. The van der Waals surface area contributed by atoms with Crippen molar-refractivity contribution in [3.05, 3.63) is 29.8 Å². The van der Waals surface area contributed by atoms with E-state index in [1.807, 2.05) is 0 Å². The predicted octanol–water partition coefficient (Wildman–Crippen LogP) is 2.60. The van der Waals surface area contributed by atoms with Gasteiger partial charge in [-0.05, 0) is 24.5 Å². The van der Waals surface area contributed by atoms with E-state index in [4.69, 9.17) is 9.85 Å². The Hall–Kier alpha value is -1.23. The number of rotatable bonds is 2. The first kappa shape index (κ1) is 7.11. The molecule has 1 atom stereocenters. The lowest BCUT2D eigenvalue weighted by molar-refractivity contribution is -0.274. The van der Waals surface area contributed by atoms with Crippen LogP contribution in [0.4, 0.5) is 13.2 Å². The zero-order chi connectivity index (χ0) is 13.3. The Morgan fingerprint density at radius 2 is 2.21 bits per heavy atom. The van der Waals surface area contributed by atoms with E-state index in [1.165, 1.54) is 12.1 Å². The van der Waals surface area contributed by atoms with Gasteiger partial charge in [-0.25, -0.2) is 0 Å². The van der Waals surface area contributed by atoms with Crippen LogP contribution in [0.25, 0.3) is 0 Å². The lowest BCUT2D eigenvalue weighted by atomic mass is 10.1. The molecule has 0 spiro atoms. The van der Waals surface area contributed by atoms with E-state index in [1.54, 1.807) is 0 Å². The van der Waals surface area contributed by atoms with Crippen molar-refractivity contribution in [1.82, 2.24) is 0 Å². The molecule has 1 aromatic carbocycles. The van der Waals surface area contributed by atoms with Gasteiger partial charge in [0.1, 0.15) is 5.75 Å². The molecule has 0 aliphatic heterocycles. The molecule has 0 saturated carbocycles. The van der Waals surface area contributed by atoms with Crippen molar-refractivity contribution in [3.8, 4) is 5.75 Å². The second-order valence-electron chi connectivity index (χ2n) is 2.60. The molecule has 0 aliphatic carbocycles. The number of hydrogen-bond acceptors (Lipinski definition) is 2. The van der Waals surface area contributed by atoms with Crippen LogP contribution < -0.4 is 10.5 Å². The van der Waals surface area contributed by atoms with Crippen LogP contribution in [0.5, 0.6) is 5.75 Å². The summed E-state index contributed by atoms with van der Waals surface area (Å²) in [4.78, 5) is 0. The maximum absolute atomic E-state index is 11.9. The van der Waals surface area contributed by atoms with Gasteiger partial charge in [-0.1, -0.05) is 12.1 Å². The molecular formula is C9H10F3NO. The molecular weight excluding hydrogens is 195 g/mol. The van der Waals surface area contributed by atoms with Crippen LogP contribution in [0.2, 0.25) is 0 Å². The summed E-state index contributed by atoms with van der Waals surface area (Å²) in [6.45, 7) is -2.48. The van der Waals surface area contributed by atoms with Gasteiger partial charge >= 0.3 is 6.36 Å². The Morgan fingerprint density at radius 1 is 1.50 bits per heavy atom. The van der Waals surface area contributed by atoms with E-state index in [0.29, 0.717) is 0 Å². The number of benzene rings is 1. The zero-order valence-corrected chi connectivity index (χ0v) is 7.01. The Morgan fingerprint density at radius 3 is 2.79 bits per heavy atom. The van der Waals surface area contributed by atoms with Crippen molar-refractivity contribution in [2.75, 3.05) is 0 Å². The highest BCUT2D eigenvalue weighted by Crippen LogP contribution is 2.24. The average Bonchev–Trinajstić information content (AvgIpc) is 2.12. The third-order valence-electron chi connectivity index (χ3n) is 1.45. The highest BCUT2D eigenvalue weighted by atomic mass is 19.4. The summed E-state index contributed by atoms with van der Waals surface area (Å²) in [5.41, 5.74) is 5.47. The quantitative estimate of drug-likeness (QED) is 0.810. The predicted molar refractivity (Wildman–Crippen MR) is 45.7 cm³/mol. The van der Waals surface area contributed by atoms with Crippen LogP contribution in [0.15, 0.2) is 24.3 Å². The normalized spacial score (nSPS) is 17.9. The van der Waals surface area contributed by atoms with E-state index in [2.05, 4.69) is 4.74 Å². The number of nitrogens with two attached hydrogens (primary N) is 1. The van der Waals surface area contributed by atoms with Crippen molar-refractivity contribution in [2.24, 2.45) is 5.73 Å². The first-order valence-electron chi connectivity index (χ1n) is 5.21. The van der Waals surface area contributed by atoms with Gasteiger partial charge < -0.3 is 10.5 Å². The van der Waals surface area contributed by atoms with Crippen LogP contribution in [0.1, 0.15) is 22.6 Å². The minimum atomic E-state index is -4.82. The van der Waals surface area contributed by atoms with Gasteiger partial charge in [-0.15, -0.1) is 13.2 Å². The van der Waals surface area contributed by atoms with Crippen molar-refractivity contribution in [1.29, 1.82) is 0 Å². The van der Waals surface area contributed by atoms with Crippen LogP contribution in [-0.2, 0) is 0 Å². The highest BCUT2D eigenvalue weighted by Gasteiger charge is 2.31. The molecule has 14 heavy (non-hydrogen) atoms. The Bertz CT molecular complexity index is 392. The molecule has 0 bridgehead atoms. The molecule has 0 aromatic heterocycles. The minimum absolute atomic E-state index is 0.0618. The lowest BCUT2D eigenvalue weighted by Gasteiger charge is -2.11. The summed E-state index contributed by atoms with van der Waals surface area (Å²) >= 11 is 0. The topological polar surface area (TPSA) is 35.2 Å². The molecule has 0 heterocycles. The van der Waals surface area contributed by atoms with Crippen molar-refractivity contribution in [3.63, 3.8) is 0 Å². The number of halogens is 3. The Kier molecular flexibility index (Phi) is 1.97. The molecule has 0 amide bonds. The standard InChI is InChI=1S/C9H10F3NO/c1-6(13)7-3-2-4-8(5-7)14-9(10,11)12/h2-6H,13H2,1H3/t6-/m1/s1/i1D3. The molecule has 0 saturated heterocycles. The van der Waals surface area contributed by atoms with Gasteiger partial charge in [0.05, 0.1) is 0 Å². The molecule has 1 rings (SSSR count). The fourth-order valence-corrected chi connectivity index (χ4v) is 0.905.